The van der Waals surface area contributed by atoms with Gasteiger partial charge in [-0.1, -0.05) is 30.3 Å². The predicted octanol–water partition coefficient (Wildman–Crippen LogP) is 4.82. The molecule has 22 heavy (non-hydrogen) atoms. The number of halogens is 3. The molecule has 2 nitrogen and oxygen atoms in total. The second kappa shape index (κ2) is 6.87. The van der Waals surface area contributed by atoms with Crippen LogP contribution in [0.4, 0.5) is 18.9 Å². The third-order valence-corrected chi connectivity index (χ3v) is 4.03. The lowest BCUT2D eigenvalue weighted by Crippen LogP contribution is -2.24. The summed E-state index contributed by atoms with van der Waals surface area (Å²) in [5.74, 6) is -0.467. The van der Waals surface area contributed by atoms with Crippen molar-refractivity contribution in [3.05, 3.63) is 60.2 Å². The van der Waals surface area contributed by atoms with E-state index in [1.54, 1.807) is 6.92 Å². The van der Waals surface area contributed by atoms with Crippen molar-refractivity contribution in [3.63, 3.8) is 0 Å². The summed E-state index contributed by atoms with van der Waals surface area (Å²) >= 11 is 1.29. The molecule has 1 atom stereocenters. The number of hydrogen-bond acceptors (Lipinski definition) is 2. The molecule has 0 saturated heterocycles. The van der Waals surface area contributed by atoms with Gasteiger partial charge in [0.1, 0.15) is 0 Å². The van der Waals surface area contributed by atoms with Crippen molar-refractivity contribution < 1.29 is 18.0 Å². The molecular formula is C16H14F3NOS. The molecule has 0 unspecified atom stereocenters. The molecule has 0 aliphatic rings. The lowest BCUT2D eigenvalue weighted by molar-refractivity contribution is -0.137. The van der Waals surface area contributed by atoms with Crippen LogP contribution in [0.5, 0.6) is 0 Å². The standard InChI is InChI=1S/C16H14F3NOS/c1-11(22-12-7-3-2-4-8-12)15(21)20-14-10-6-5-9-13(14)16(17,18)19/h2-11H,1H3,(H,20,21)/t11-/m1/s1. The number of hydrogen-bond donors (Lipinski definition) is 1. The minimum absolute atomic E-state index is 0.222. The molecule has 0 heterocycles. The van der Waals surface area contributed by atoms with E-state index in [1.807, 2.05) is 30.3 Å². The minimum Gasteiger partial charge on any atom is -0.325 e. The number of rotatable bonds is 4. The van der Waals surface area contributed by atoms with Gasteiger partial charge in [0.25, 0.3) is 0 Å². The second-order valence-corrected chi connectivity index (χ2v) is 6.02. The molecule has 0 aliphatic carbocycles. The van der Waals surface area contributed by atoms with Gasteiger partial charge in [-0.25, -0.2) is 0 Å². The van der Waals surface area contributed by atoms with Crippen LogP contribution < -0.4 is 5.32 Å². The van der Waals surface area contributed by atoms with Crippen molar-refractivity contribution in [1.82, 2.24) is 0 Å². The van der Waals surface area contributed by atoms with E-state index in [-0.39, 0.29) is 5.69 Å². The van der Waals surface area contributed by atoms with Gasteiger partial charge in [-0.05, 0) is 31.2 Å². The van der Waals surface area contributed by atoms with E-state index >= 15 is 0 Å². The Morgan fingerprint density at radius 3 is 2.27 bits per heavy atom. The number of carbonyl (C=O) groups is 1. The molecule has 1 N–H and O–H groups in total. The Labute approximate surface area is 130 Å². The number of alkyl halides is 3. The zero-order valence-electron chi connectivity index (χ0n) is 11.7. The number of thioether (sulfide) groups is 1. The van der Waals surface area contributed by atoms with Crippen LogP contribution in [0, 0.1) is 0 Å². The van der Waals surface area contributed by atoms with Crippen LogP contribution in [0.25, 0.3) is 0 Å². The summed E-state index contributed by atoms with van der Waals surface area (Å²) in [6.07, 6.45) is -4.50. The topological polar surface area (TPSA) is 29.1 Å². The normalized spacial score (nSPS) is 12.7. The maximum Gasteiger partial charge on any atom is 0.418 e. The van der Waals surface area contributed by atoms with Crippen LogP contribution in [0.2, 0.25) is 0 Å². The van der Waals surface area contributed by atoms with Crippen LogP contribution in [0.15, 0.2) is 59.5 Å². The predicted molar refractivity (Wildman–Crippen MR) is 81.8 cm³/mol. The summed E-state index contributed by atoms with van der Waals surface area (Å²) in [5.41, 5.74) is -1.07. The average Bonchev–Trinajstić information content (AvgIpc) is 2.47. The maximum atomic E-state index is 12.9. The number of carbonyl (C=O) groups excluding carboxylic acids is 1. The van der Waals surface area contributed by atoms with Crippen molar-refractivity contribution in [2.75, 3.05) is 5.32 Å². The van der Waals surface area contributed by atoms with Gasteiger partial charge >= 0.3 is 6.18 Å². The molecule has 2 aromatic rings. The maximum absolute atomic E-state index is 12.9. The van der Waals surface area contributed by atoms with Crippen LogP contribution in [-0.2, 0) is 11.0 Å². The number of nitrogens with one attached hydrogen (secondary N) is 1. The zero-order valence-corrected chi connectivity index (χ0v) is 12.5. The Hall–Kier alpha value is -1.95. The van der Waals surface area contributed by atoms with Crippen LogP contribution >= 0.6 is 11.8 Å². The van der Waals surface area contributed by atoms with Crippen molar-refractivity contribution in [1.29, 1.82) is 0 Å². The number of benzene rings is 2. The average molecular weight is 325 g/mol. The fraction of sp³-hybridized carbons (Fsp3) is 0.188. The molecular weight excluding hydrogens is 311 g/mol. The van der Waals surface area contributed by atoms with E-state index in [1.165, 1.54) is 30.0 Å². The van der Waals surface area contributed by atoms with Crippen molar-refractivity contribution in [2.24, 2.45) is 0 Å². The lowest BCUT2D eigenvalue weighted by Gasteiger charge is -2.16. The van der Waals surface area contributed by atoms with Crippen LogP contribution in [-0.4, -0.2) is 11.2 Å². The molecule has 0 radical (unpaired) electrons. The number of amides is 1. The first-order chi connectivity index (χ1) is 10.4. The summed E-state index contributed by atoms with van der Waals surface area (Å²) in [7, 11) is 0. The van der Waals surface area contributed by atoms with E-state index < -0.39 is 22.9 Å². The molecule has 0 aliphatic heterocycles. The Bertz CT molecular complexity index is 643. The Morgan fingerprint density at radius 1 is 1.05 bits per heavy atom. The third-order valence-electron chi connectivity index (χ3n) is 2.92. The fourth-order valence-electron chi connectivity index (χ4n) is 1.83. The lowest BCUT2D eigenvalue weighted by atomic mass is 10.1. The summed E-state index contributed by atoms with van der Waals surface area (Å²) in [4.78, 5) is 13.0. The highest BCUT2D eigenvalue weighted by Crippen LogP contribution is 2.35. The van der Waals surface area contributed by atoms with Gasteiger partial charge in [0.2, 0.25) is 5.91 Å². The minimum atomic E-state index is -4.50. The Kier molecular flexibility index (Phi) is 5.13. The van der Waals surface area contributed by atoms with Gasteiger partial charge in [0.05, 0.1) is 16.5 Å². The molecule has 116 valence electrons. The highest BCUT2D eigenvalue weighted by atomic mass is 32.2. The SMILES string of the molecule is C[C@@H](Sc1ccccc1)C(=O)Nc1ccccc1C(F)(F)F. The summed E-state index contributed by atoms with van der Waals surface area (Å²) in [6.45, 7) is 1.66. The molecule has 0 spiro atoms. The van der Waals surface area contributed by atoms with Crippen LogP contribution in [0.3, 0.4) is 0 Å². The van der Waals surface area contributed by atoms with E-state index in [9.17, 15) is 18.0 Å². The number of para-hydroxylation sites is 1. The number of anilines is 1. The van der Waals surface area contributed by atoms with Gasteiger partial charge < -0.3 is 5.32 Å². The van der Waals surface area contributed by atoms with Crippen LogP contribution in [0.1, 0.15) is 12.5 Å². The van der Waals surface area contributed by atoms with E-state index in [0.29, 0.717) is 0 Å². The van der Waals surface area contributed by atoms with Gasteiger partial charge in [0, 0.05) is 4.90 Å². The van der Waals surface area contributed by atoms with Gasteiger partial charge in [-0.15, -0.1) is 11.8 Å². The Morgan fingerprint density at radius 2 is 1.64 bits per heavy atom. The highest BCUT2D eigenvalue weighted by molar-refractivity contribution is 8.00. The molecule has 1 amide bonds. The van der Waals surface area contributed by atoms with Crippen molar-refractivity contribution >= 4 is 23.4 Å². The zero-order chi connectivity index (χ0) is 16.2. The fourth-order valence-corrected chi connectivity index (χ4v) is 2.72. The first-order valence-electron chi connectivity index (χ1n) is 6.56. The second-order valence-electron chi connectivity index (χ2n) is 4.61. The van der Waals surface area contributed by atoms with E-state index in [4.69, 9.17) is 0 Å². The molecule has 2 rings (SSSR count). The summed E-state index contributed by atoms with van der Waals surface area (Å²) < 4.78 is 38.7. The molecule has 0 fully saturated rings. The molecule has 0 saturated carbocycles. The molecule has 0 bridgehead atoms. The van der Waals surface area contributed by atoms with Gasteiger partial charge in [-0.3, -0.25) is 4.79 Å². The molecule has 6 heteroatoms. The van der Waals surface area contributed by atoms with Gasteiger partial charge in [-0.2, -0.15) is 13.2 Å². The van der Waals surface area contributed by atoms with E-state index in [2.05, 4.69) is 5.32 Å². The largest absolute Gasteiger partial charge is 0.418 e. The van der Waals surface area contributed by atoms with E-state index in [0.717, 1.165) is 11.0 Å². The molecule has 0 aromatic heterocycles. The summed E-state index contributed by atoms with van der Waals surface area (Å²) in [5, 5.41) is 1.85. The first-order valence-corrected chi connectivity index (χ1v) is 7.44. The first kappa shape index (κ1) is 16.4. The Balaban J connectivity index is 2.09. The van der Waals surface area contributed by atoms with Crippen molar-refractivity contribution in [3.8, 4) is 0 Å². The quantitative estimate of drug-likeness (QED) is 0.816. The third kappa shape index (κ3) is 4.27. The van der Waals surface area contributed by atoms with Crippen molar-refractivity contribution in [2.45, 2.75) is 23.2 Å². The summed E-state index contributed by atoms with van der Waals surface area (Å²) in [6, 6.07) is 14.2. The highest BCUT2D eigenvalue weighted by Gasteiger charge is 2.33. The smallest absolute Gasteiger partial charge is 0.325 e. The molecule has 2 aromatic carbocycles. The van der Waals surface area contributed by atoms with Gasteiger partial charge in [0.15, 0.2) is 0 Å². The monoisotopic (exact) mass is 325 g/mol.